The molecule has 0 spiro atoms. The fraction of sp³-hybridized carbons (Fsp3) is 0.375. The van der Waals surface area contributed by atoms with Crippen LogP contribution in [-0.2, 0) is 14.3 Å². The Hall–Kier alpha value is -3.89. The summed E-state index contributed by atoms with van der Waals surface area (Å²) in [6.07, 6.45) is -4.44. The summed E-state index contributed by atoms with van der Waals surface area (Å²) in [6.45, 7) is 11.5. The first kappa shape index (κ1) is 38.3. The van der Waals surface area contributed by atoms with E-state index >= 15 is 0 Å². The Balaban J connectivity index is 0.000000713. The largest absolute Gasteiger partial charge is 0.522 e. The van der Waals surface area contributed by atoms with E-state index in [4.69, 9.17) is 33.0 Å². The molecule has 1 aromatic heterocycles. The molecule has 2 aromatic carbocycles. The third-order valence-electron chi connectivity index (χ3n) is 5.73. The van der Waals surface area contributed by atoms with Gasteiger partial charge in [-0.1, -0.05) is 23.2 Å². The first-order chi connectivity index (χ1) is 21.1. The van der Waals surface area contributed by atoms with Gasteiger partial charge in [-0.25, -0.2) is 4.79 Å². The molecule has 14 heteroatoms. The zero-order valence-electron chi connectivity index (χ0n) is 26.0. The average molecular weight is 685 g/mol. The minimum atomic E-state index is -4.96. The molecule has 1 atom stereocenters. The van der Waals surface area contributed by atoms with Crippen molar-refractivity contribution in [2.24, 2.45) is 0 Å². The van der Waals surface area contributed by atoms with Gasteiger partial charge in [0.2, 0.25) is 5.91 Å². The molecule has 248 valence electrons. The number of carboxylic acids is 1. The molecule has 0 radical (unpaired) electrons. The lowest BCUT2D eigenvalue weighted by atomic mass is 10.0. The second kappa shape index (κ2) is 15.6. The Labute approximate surface area is 274 Å². The Morgan fingerprint density at radius 3 is 2.04 bits per heavy atom. The van der Waals surface area contributed by atoms with Crippen LogP contribution in [0.15, 0.2) is 59.5 Å². The van der Waals surface area contributed by atoms with E-state index in [9.17, 15) is 32.8 Å². The number of aromatic carboxylic acids is 1. The molecule has 0 aliphatic rings. The summed E-state index contributed by atoms with van der Waals surface area (Å²) in [5, 5.41) is 21.0. The molecule has 2 N–H and O–H groups in total. The number of alkyl halides is 3. The summed E-state index contributed by atoms with van der Waals surface area (Å²) < 4.78 is 47.9. The fourth-order valence-corrected chi connectivity index (χ4v) is 4.77. The number of carbonyl (C=O) groups excluding carboxylic acids is 1. The van der Waals surface area contributed by atoms with Crippen molar-refractivity contribution in [3.05, 3.63) is 86.3 Å². The molecular formula is C32H34Cl2F3N3O6. The average Bonchev–Trinajstić information content (AvgIpc) is 2.90. The number of pyridine rings is 1. The molecule has 0 saturated heterocycles. The lowest BCUT2D eigenvalue weighted by Gasteiger charge is -2.30. The molecule has 0 saturated carbocycles. The summed E-state index contributed by atoms with van der Waals surface area (Å²) in [5.41, 5.74) is -0.176. The van der Waals surface area contributed by atoms with Crippen molar-refractivity contribution in [2.75, 3.05) is 11.9 Å². The van der Waals surface area contributed by atoms with E-state index in [2.05, 4.69) is 51.6 Å². The van der Waals surface area contributed by atoms with E-state index in [-0.39, 0.29) is 49.2 Å². The third kappa shape index (κ3) is 12.5. The number of aromatic nitrogens is 1. The van der Waals surface area contributed by atoms with Gasteiger partial charge in [0.25, 0.3) is 5.56 Å². The lowest BCUT2D eigenvalue weighted by molar-refractivity contribution is -0.325. The smallest absolute Gasteiger partial charge is 0.478 e. The predicted octanol–water partition coefficient (Wildman–Crippen LogP) is 8.10. The quantitative estimate of drug-likeness (QED) is 0.245. The van der Waals surface area contributed by atoms with Gasteiger partial charge in [-0.3, -0.25) is 14.3 Å². The molecule has 0 aliphatic carbocycles. The number of nitrogens with one attached hydrogen (secondary N) is 1. The van der Waals surface area contributed by atoms with Crippen molar-refractivity contribution < 1.29 is 37.3 Å². The molecule has 0 bridgehead atoms. The highest BCUT2D eigenvalue weighted by atomic mass is 35.5. The number of nitrogens with zero attached hydrogens (tertiary/aromatic N) is 2. The van der Waals surface area contributed by atoms with E-state index in [1.54, 1.807) is 0 Å². The van der Waals surface area contributed by atoms with Crippen LogP contribution in [0.1, 0.15) is 69.9 Å². The molecule has 0 aliphatic heterocycles. The summed E-state index contributed by atoms with van der Waals surface area (Å²) in [7, 11) is 0. The van der Waals surface area contributed by atoms with Gasteiger partial charge in [-0.15, -0.1) is 13.2 Å². The number of carbonyl (C=O) groups is 2. The summed E-state index contributed by atoms with van der Waals surface area (Å²) in [6, 6.07) is 10.8. The standard InChI is InChI=1S/C24H16Cl2F3N3O5.C8H18O/c25-15-4-1-14(11-30)17(9-15)18-10-21(33)32(12-19(18)26)20(7-8-37-24(27,28)29)22(34)31-16-5-2-13(3-6-16)23(35)36;1-7(2,3)9-8(4,5)6/h1-6,9-10,12,20H,7-8H2,(H,31,34)(H,35,36);1-6H3. The van der Waals surface area contributed by atoms with Crippen LogP contribution in [0.3, 0.4) is 0 Å². The van der Waals surface area contributed by atoms with Gasteiger partial charge in [0.05, 0.1) is 40.0 Å². The number of ether oxygens (including phenoxy) is 2. The van der Waals surface area contributed by atoms with Crippen LogP contribution in [0.5, 0.6) is 0 Å². The van der Waals surface area contributed by atoms with E-state index in [1.807, 2.05) is 6.07 Å². The van der Waals surface area contributed by atoms with Crippen LogP contribution < -0.4 is 10.9 Å². The summed E-state index contributed by atoms with van der Waals surface area (Å²) in [4.78, 5) is 37.0. The van der Waals surface area contributed by atoms with Crippen LogP contribution in [0.25, 0.3) is 11.1 Å². The van der Waals surface area contributed by atoms with Gasteiger partial charge in [0, 0.05) is 40.5 Å². The fourth-order valence-electron chi connectivity index (χ4n) is 4.33. The molecule has 9 nitrogen and oxygen atoms in total. The minimum absolute atomic E-state index is 0.0156. The SMILES string of the molecule is CC(C)(C)OC(C)(C)C.N#Cc1ccc(Cl)cc1-c1cc(=O)n(C(CCOC(F)(F)F)C(=O)Nc2ccc(C(=O)O)cc2)cc1Cl. The normalized spacial score (nSPS) is 12.4. The molecule has 3 rings (SSSR count). The molecule has 0 fully saturated rings. The van der Waals surface area contributed by atoms with Crippen molar-refractivity contribution in [1.82, 2.24) is 4.57 Å². The predicted molar refractivity (Wildman–Crippen MR) is 169 cm³/mol. The molecule has 1 heterocycles. The molecule has 1 unspecified atom stereocenters. The number of rotatable bonds is 8. The van der Waals surface area contributed by atoms with Gasteiger partial charge >= 0.3 is 12.3 Å². The van der Waals surface area contributed by atoms with Crippen LogP contribution in [0.2, 0.25) is 10.0 Å². The van der Waals surface area contributed by atoms with Crippen molar-refractivity contribution in [1.29, 1.82) is 5.26 Å². The van der Waals surface area contributed by atoms with Gasteiger partial charge in [0.1, 0.15) is 6.04 Å². The van der Waals surface area contributed by atoms with E-state index < -0.39 is 42.9 Å². The van der Waals surface area contributed by atoms with E-state index in [1.165, 1.54) is 42.5 Å². The number of nitriles is 1. The van der Waals surface area contributed by atoms with Crippen molar-refractivity contribution in [3.8, 4) is 17.2 Å². The van der Waals surface area contributed by atoms with Crippen LogP contribution in [0, 0.1) is 11.3 Å². The van der Waals surface area contributed by atoms with Gasteiger partial charge < -0.3 is 19.7 Å². The van der Waals surface area contributed by atoms with Gasteiger partial charge in [-0.2, -0.15) is 5.26 Å². The van der Waals surface area contributed by atoms with Crippen molar-refractivity contribution in [2.45, 2.75) is 71.6 Å². The Bertz CT molecular complexity index is 1630. The number of carboxylic acid groups (broad SMARTS) is 1. The zero-order chi connectivity index (χ0) is 35.0. The summed E-state index contributed by atoms with van der Waals surface area (Å²) in [5.74, 6) is -2.07. The van der Waals surface area contributed by atoms with Crippen LogP contribution in [-0.4, -0.2) is 45.7 Å². The van der Waals surface area contributed by atoms with Crippen LogP contribution in [0.4, 0.5) is 18.9 Å². The number of amides is 1. The maximum absolute atomic E-state index is 13.0. The van der Waals surface area contributed by atoms with Gasteiger partial charge in [0.15, 0.2) is 0 Å². The molecule has 1 amide bonds. The number of anilines is 1. The molecule has 46 heavy (non-hydrogen) atoms. The Kier molecular flexibility index (Phi) is 13.0. The first-order valence-corrected chi connectivity index (χ1v) is 14.5. The third-order valence-corrected chi connectivity index (χ3v) is 6.27. The van der Waals surface area contributed by atoms with E-state index in [0.717, 1.165) is 16.8 Å². The maximum atomic E-state index is 13.0. The van der Waals surface area contributed by atoms with Crippen molar-refractivity contribution >= 4 is 40.8 Å². The second-order valence-electron chi connectivity index (χ2n) is 11.9. The van der Waals surface area contributed by atoms with Gasteiger partial charge in [-0.05, 0) is 84.0 Å². The zero-order valence-corrected chi connectivity index (χ0v) is 27.5. The van der Waals surface area contributed by atoms with Crippen molar-refractivity contribution in [3.63, 3.8) is 0 Å². The number of hydrogen-bond donors (Lipinski definition) is 2. The monoisotopic (exact) mass is 683 g/mol. The minimum Gasteiger partial charge on any atom is -0.478 e. The maximum Gasteiger partial charge on any atom is 0.522 e. The van der Waals surface area contributed by atoms with Crippen LogP contribution >= 0.6 is 23.2 Å². The highest BCUT2D eigenvalue weighted by Gasteiger charge is 2.31. The number of halogens is 5. The lowest BCUT2D eigenvalue weighted by Crippen LogP contribution is -2.34. The highest BCUT2D eigenvalue weighted by molar-refractivity contribution is 6.34. The molecular weight excluding hydrogens is 650 g/mol. The topological polar surface area (TPSA) is 131 Å². The van der Waals surface area contributed by atoms with E-state index in [0.29, 0.717) is 0 Å². The Morgan fingerprint density at radius 2 is 1.57 bits per heavy atom. The Morgan fingerprint density at radius 1 is 0.978 bits per heavy atom. The number of benzene rings is 2. The first-order valence-electron chi connectivity index (χ1n) is 13.8. The highest BCUT2D eigenvalue weighted by Crippen LogP contribution is 2.32. The summed E-state index contributed by atoms with van der Waals surface area (Å²) >= 11 is 12.4. The second-order valence-corrected chi connectivity index (χ2v) is 12.7. The number of hydrogen-bond acceptors (Lipinski definition) is 6. The molecule has 3 aromatic rings.